The molecule has 0 amide bonds. The summed E-state index contributed by atoms with van der Waals surface area (Å²) in [7, 11) is 1.46. The van der Waals surface area contributed by atoms with Gasteiger partial charge in [-0.15, -0.1) is 15.3 Å². The number of aryl methyl sites for hydroxylation is 1. The molecule has 0 spiro atoms. The van der Waals surface area contributed by atoms with Crippen LogP contribution in [-0.2, 0) is 16.0 Å². The van der Waals surface area contributed by atoms with Crippen LogP contribution in [0.4, 0.5) is 15.3 Å². The Balaban J connectivity index is 1.33. The van der Waals surface area contributed by atoms with Crippen LogP contribution in [0.5, 0.6) is 0 Å². The number of aromatic nitrogens is 4. The number of benzene rings is 1. The molecule has 2 aromatic heterocycles. The van der Waals surface area contributed by atoms with Gasteiger partial charge in [-0.2, -0.15) is 5.10 Å². The number of nitrogens with zero attached hydrogens (tertiary/aromatic N) is 5. The van der Waals surface area contributed by atoms with Gasteiger partial charge in [0.25, 0.3) is 0 Å². The van der Waals surface area contributed by atoms with Gasteiger partial charge in [-0.05, 0) is 43.2 Å². The highest BCUT2D eigenvalue weighted by Gasteiger charge is 2.26. The molecule has 0 bridgehead atoms. The summed E-state index contributed by atoms with van der Waals surface area (Å²) in [6, 6.07) is 9.88. The minimum absolute atomic E-state index is 0.102. The van der Waals surface area contributed by atoms with Gasteiger partial charge < -0.3 is 15.0 Å². The Morgan fingerprint density at radius 3 is 2.74 bits per heavy atom. The van der Waals surface area contributed by atoms with Crippen LogP contribution in [0.25, 0.3) is 0 Å². The number of carbonyl (C=O) groups is 1. The number of nitrogens with one attached hydrogen (secondary N) is 1. The summed E-state index contributed by atoms with van der Waals surface area (Å²) in [5.74, 6) is 0.359. The average Bonchev–Trinajstić information content (AvgIpc) is 3.40. The molecule has 10 heteroatoms. The molecule has 0 aliphatic carbocycles. The second kappa shape index (κ2) is 9.44. The summed E-state index contributed by atoms with van der Waals surface area (Å²) in [4.78, 5) is 14.9. The number of ketones is 1. The van der Waals surface area contributed by atoms with Crippen LogP contribution < -0.4 is 10.2 Å². The fourth-order valence-electron chi connectivity index (χ4n) is 3.54. The number of anilines is 2. The summed E-state index contributed by atoms with van der Waals surface area (Å²) in [6.45, 7) is 3.59. The fourth-order valence-corrected chi connectivity index (χ4v) is 4.36. The molecule has 1 aliphatic heterocycles. The van der Waals surface area contributed by atoms with Crippen molar-refractivity contribution in [3.05, 3.63) is 58.5 Å². The van der Waals surface area contributed by atoms with Crippen LogP contribution >= 0.6 is 11.3 Å². The molecule has 1 N–H and O–H groups in total. The first-order chi connectivity index (χ1) is 15.0. The molecule has 2 atom stereocenters. The summed E-state index contributed by atoms with van der Waals surface area (Å²) in [5.41, 5.74) is 1.51. The Hall–Kier alpha value is -2.98. The van der Waals surface area contributed by atoms with Gasteiger partial charge in [0.05, 0.1) is 12.1 Å². The molecule has 3 aromatic rings. The lowest BCUT2D eigenvalue weighted by molar-refractivity contribution is -0.128. The summed E-state index contributed by atoms with van der Waals surface area (Å²) < 4.78 is 18.5. The van der Waals surface area contributed by atoms with Crippen molar-refractivity contribution in [2.24, 2.45) is 0 Å². The fraction of sp³-hybridized carbons (Fsp3) is 0.381. The van der Waals surface area contributed by atoms with Crippen molar-refractivity contribution in [2.45, 2.75) is 31.9 Å². The van der Waals surface area contributed by atoms with Crippen molar-refractivity contribution in [3.63, 3.8) is 0 Å². The lowest BCUT2D eigenvalue weighted by atomic mass is 10.0. The first-order valence-electron chi connectivity index (χ1n) is 9.97. The van der Waals surface area contributed by atoms with Crippen LogP contribution in [0.1, 0.15) is 28.8 Å². The van der Waals surface area contributed by atoms with E-state index in [9.17, 15) is 9.18 Å². The number of Topliss-reactive ketones (excluding diaryl/α,β-unsaturated/α-hetero) is 1. The third-order valence-electron chi connectivity index (χ3n) is 5.12. The van der Waals surface area contributed by atoms with E-state index in [1.54, 1.807) is 12.1 Å². The van der Waals surface area contributed by atoms with Crippen LogP contribution in [0.3, 0.4) is 0 Å². The normalized spacial score (nSPS) is 17.0. The predicted octanol–water partition coefficient (Wildman–Crippen LogP) is 2.97. The first-order valence-corrected chi connectivity index (χ1v) is 10.8. The molecule has 0 radical (unpaired) electrons. The Morgan fingerprint density at radius 2 is 2.03 bits per heavy atom. The zero-order valence-electron chi connectivity index (χ0n) is 17.3. The van der Waals surface area contributed by atoms with Gasteiger partial charge >= 0.3 is 0 Å². The van der Waals surface area contributed by atoms with E-state index in [1.165, 1.54) is 30.6 Å². The number of rotatable bonds is 8. The highest BCUT2D eigenvalue weighted by atomic mass is 32.1. The first kappa shape index (κ1) is 21.3. The second-order valence-electron chi connectivity index (χ2n) is 7.42. The van der Waals surface area contributed by atoms with Crippen molar-refractivity contribution in [2.75, 3.05) is 30.4 Å². The second-order valence-corrected chi connectivity index (χ2v) is 8.48. The van der Waals surface area contributed by atoms with Gasteiger partial charge in [0.2, 0.25) is 5.13 Å². The number of hydrogen-bond acceptors (Lipinski definition) is 9. The molecular formula is C21H23FN6O2S. The van der Waals surface area contributed by atoms with E-state index in [0.29, 0.717) is 15.7 Å². The highest BCUT2D eigenvalue weighted by Crippen LogP contribution is 2.25. The third kappa shape index (κ3) is 5.20. The van der Waals surface area contributed by atoms with Gasteiger partial charge in [0.15, 0.2) is 11.6 Å². The van der Waals surface area contributed by atoms with Crippen molar-refractivity contribution in [1.29, 1.82) is 0 Å². The molecule has 1 fully saturated rings. The standard InChI is InChI=1S/C21H23FN6O2S/c1-13-3-8-18(25-24-13)28-10-9-16(12-28)23-21-27-26-19(31-21)11-17(29)20(30-2)14-4-6-15(22)7-5-14/h3-8,16,20H,9-12H2,1-2H3,(H,23,27)/t16-,20+/m1/s1. The van der Waals surface area contributed by atoms with Crippen molar-refractivity contribution >= 4 is 28.1 Å². The van der Waals surface area contributed by atoms with Gasteiger partial charge in [-0.25, -0.2) is 4.39 Å². The summed E-state index contributed by atoms with van der Waals surface area (Å²) in [6.07, 6.45) is 0.282. The highest BCUT2D eigenvalue weighted by molar-refractivity contribution is 7.15. The Bertz CT molecular complexity index is 1030. The zero-order chi connectivity index (χ0) is 21.8. The van der Waals surface area contributed by atoms with E-state index in [4.69, 9.17) is 4.74 Å². The van der Waals surface area contributed by atoms with E-state index in [-0.39, 0.29) is 24.1 Å². The SMILES string of the molecule is CO[C@H](C(=O)Cc1nnc(N[C@@H]2CCN(c3ccc(C)nn3)C2)s1)c1ccc(F)cc1. The zero-order valence-corrected chi connectivity index (χ0v) is 18.1. The number of methoxy groups -OCH3 is 1. The van der Waals surface area contributed by atoms with Crippen LogP contribution in [0.15, 0.2) is 36.4 Å². The van der Waals surface area contributed by atoms with Gasteiger partial charge in [0, 0.05) is 26.2 Å². The molecular weight excluding hydrogens is 419 g/mol. The monoisotopic (exact) mass is 442 g/mol. The molecule has 8 nitrogen and oxygen atoms in total. The number of hydrogen-bond donors (Lipinski definition) is 1. The van der Waals surface area contributed by atoms with Gasteiger partial charge in [-0.3, -0.25) is 4.79 Å². The number of carbonyl (C=O) groups excluding carboxylic acids is 1. The largest absolute Gasteiger partial charge is 0.369 e. The predicted molar refractivity (Wildman–Crippen MR) is 116 cm³/mol. The molecule has 1 aliphatic rings. The maximum Gasteiger partial charge on any atom is 0.205 e. The van der Waals surface area contributed by atoms with E-state index in [0.717, 1.165) is 31.0 Å². The van der Waals surface area contributed by atoms with E-state index in [1.807, 2.05) is 19.1 Å². The van der Waals surface area contributed by atoms with Crippen LogP contribution in [0.2, 0.25) is 0 Å². The molecule has 4 rings (SSSR count). The molecule has 0 unspecified atom stereocenters. The average molecular weight is 443 g/mol. The van der Waals surface area contributed by atoms with E-state index in [2.05, 4.69) is 30.6 Å². The molecule has 162 valence electrons. The van der Waals surface area contributed by atoms with Crippen molar-refractivity contribution < 1.29 is 13.9 Å². The lowest BCUT2D eigenvalue weighted by Crippen LogP contribution is -2.26. The molecule has 3 heterocycles. The molecule has 1 aromatic carbocycles. The molecule has 1 saturated heterocycles. The smallest absolute Gasteiger partial charge is 0.205 e. The number of ether oxygens (including phenoxy) is 1. The Labute approximate surface area is 183 Å². The van der Waals surface area contributed by atoms with E-state index < -0.39 is 6.10 Å². The van der Waals surface area contributed by atoms with Gasteiger partial charge in [-0.1, -0.05) is 23.5 Å². The minimum Gasteiger partial charge on any atom is -0.369 e. The Kier molecular flexibility index (Phi) is 6.47. The number of halogens is 1. The van der Waals surface area contributed by atoms with Gasteiger partial charge in [0.1, 0.15) is 16.9 Å². The minimum atomic E-state index is -0.764. The Morgan fingerprint density at radius 1 is 1.23 bits per heavy atom. The topological polar surface area (TPSA) is 93.1 Å². The van der Waals surface area contributed by atoms with Crippen molar-refractivity contribution in [3.8, 4) is 0 Å². The molecule has 31 heavy (non-hydrogen) atoms. The van der Waals surface area contributed by atoms with Crippen LogP contribution in [-0.4, -0.2) is 52.4 Å². The van der Waals surface area contributed by atoms with E-state index >= 15 is 0 Å². The van der Waals surface area contributed by atoms with Crippen molar-refractivity contribution in [1.82, 2.24) is 20.4 Å². The van der Waals surface area contributed by atoms with Crippen LogP contribution in [0, 0.1) is 12.7 Å². The maximum atomic E-state index is 13.1. The summed E-state index contributed by atoms with van der Waals surface area (Å²) >= 11 is 1.36. The quantitative estimate of drug-likeness (QED) is 0.569. The molecule has 0 saturated carbocycles. The summed E-state index contributed by atoms with van der Waals surface area (Å²) in [5, 5.41) is 21.4. The lowest BCUT2D eigenvalue weighted by Gasteiger charge is -2.17. The third-order valence-corrected chi connectivity index (χ3v) is 5.97. The maximum absolute atomic E-state index is 13.1.